The fourth-order valence-electron chi connectivity index (χ4n) is 1.57. The molecular weight excluding hydrogens is 216 g/mol. The minimum absolute atomic E-state index is 0.0949. The fraction of sp³-hybridized carbons (Fsp3) is 0.667. The van der Waals surface area contributed by atoms with Crippen molar-refractivity contribution in [3.05, 3.63) is 22.1 Å². The van der Waals surface area contributed by atoms with Gasteiger partial charge in [-0.05, 0) is 13.8 Å². The lowest BCUT2D eigenvalue weighted by Gasteiger charge is -2.19. The summed E-state index contributed by atoms with van der Waals surface area (Å²) in [7, 11) is 0. The molecular formula is C12H22N4O. The molecule has 1 aromatic rings. The second-order valence-corrected chi connectivity index (χ2v) is 4.27. The quantitative estimate of drug-likeness (QED) is 0.779. The van der Waals surface area contributed by atoms with Crippen molar-refractivity contribution in [2.75, 3.05) is 18.0 Å². The minimum Gasteiger partial charge on any atom is -0.343 e. The highest BCUT2D eigenvalue weighted by molar-refractivity contribution is 5.29. The molecule has 0 aromatic carbocycles. The van der Waals surface area contributed by atoms with Crippen LogP contribution in [-0.2, 0) is 6.54 Å². The summed E-state index contributed by atoms with van der Waals surface area (Å²) in [5.41, 5.74) is 0.687. The van der Waals surface area contributed by atoms with Crippen LogP contribution in [-0.4, -0.2) is 29.1 Å². The van der Waals surface area contributed by atoms with Gasteiger partial charge in [-0.15, -0.1) is 0 Å². The maximum absolute atomic E-state index is 11.5. The molecule has 0 fully saturated rings. The van der Waals surface area contributed by atoms with Gasteiger partial charge in [-0.25, -0.2) is 4.98 Å². The first-order valence-electron chi connectivity index (χ1n) is 6.15. The summed E-state index contributed by atoms with van der Waals surface area (Å²) >= 11 is 0. The Morgan fingerprint density at radius 1 is 1.41 bits per heavy atom. The van der Waals surface area contributed by atoms with Gasteiger partial charge < -0.3 is 10.2 Å². The summed E-state index contributed by atoms with van der Waals surface area (Å²) < 4.78 is 0. The molecule has 0 atom stereocenters. The number of hydrogen-bond acceptors (Lipinski definition) is 4. The first-order chi connectivity index (χ1) is 8.06. The number of hydrogen-bond donors (Lipinski definition) is 2. The van der Waals surface area contributed by atoms with Gasteiger partial charge in [0.15, 0.2) is 0 Å². The molecule has 17 heavy (non-hydrogen) atoms. The zero-order chi connectivity index (χ0) is 12.8. The number of aromatic nitrogens is 2. The van der Waals surface area contributed by atoms with E-state index < -0.39 is 0 Å². The van der Waals surface area contributed by atoms with Crippen LogP contribution >= 0.6 is 0 Å². The fourth-order valence-corrected chi connectivity index (χ4v) is 1.57. The van der Waals surface area contributed by atoms with Crippen LogP contribution in [0.15, 0.2) is 10.9 Å². The second-order valence-electron chi connectivity index (χ2n) is 4.27. The van der Waals surface area contributed by atoms with E-state index in [4.69, 9.17) is 0 Å². The molecule has 0 unspecified atom stereocenters. The molecule has 1 rings (SSSR count). The molecule has 0 saturated carbocycles. The molecule has 0 saturated heterocycles. The summed E-state index contributed by atoms with van der Waals surface area (Å²) in [6.07, 6.45) is 0. The van der Waals surface area contributed by atoms with Crippen molar-refractivity contribution in [3.8, 4) is 0 Å². The van der Waals surface area contributed by atoms with E-state index in [1.165, 1.54) is 0 Å². The Balaban J connectivity index is 2.89. The number of anilines is 1. The van der Waals surface area contributed by atoms with Crippen LogP contribution in [0.2, 0.25) is 0 Å². The first-order valence-corrected chi connectivity index (χ1v) is 6.15. The van der Waals surface area contributed by atoms with Crippen LogP contribution in [0.3, 0.4) is 0 Å². The standard InChI is InChI=1S/C12H22N4O/c1-5-16(6-2)12-14-10(7-11(17)15-12)8-13-9(3)4/h7,9,13H,5-6,8H2,1-4H3,(H,14,15,17). The third kappa shape index (κ3) is 4.19. The Morgan fingerprint density at radius 3 is 2.59 bits per heavy atom. The highest BCUT2D eigenvalue weighted by atomic mass is 16.1. The zero-order valence-electron chi connectivity index (χ0n) is 11.1. The van der Waals surface area contributed by atoms with Crippen LogP contribution in [0.25, 0.3) is 0 Å². The molecule has 5 nitrogen and oxygen atoms in total. The smallest absolute Gasteiger partial charge is 0.252 e. The largest absolute Gasteiger partial charge is 0.343 e. The van der Waals surface area contributed by atoms with E-state index in [9.17, 15) is 4.79 Å². The van der Waals surface area contributed by atoms with Gasteiger partial charge in [0.1, 0.15) is 0 Å². The molecule has 0 aliphatic rings. The third-order valence-corrected chi connectivity index (χ3v) is 2.54. The molecule has 0 amide bonds. The third-order valence-electron chi connectivity index (χ3n) is 2.54. The van der Waals surface area contributed by atoms with Crippen LogP contribution < -0.4 is 15.8 Å². The van der Waals surface area contributed by atoms with Crippen molar-refractivity contribution in [2.24, 2.45) is 0 Å². The van der Waals surface area contributed by atoms with Crippen molar-refractivity contribution < 1.29 is 0 Å². The first kappa shape index (κ1) is 13.7. The Bertz CT molecular complexity index is 396. The van der Waals surface area contributed by atoms with Gasteiger partial charge >= 0.3 is 0 Å². The number of aromatic amines is 1. The Morgan fingerprint density at radius 2 is 2.06 bits per heavy atom. The highest BCUT2D eigenvalue weighted by Gasteiger charge is 2.07. The Hall–Kier alpha value is -1.36. The zero-order valence-corrected chi connectivity index (χ0v) is 11.1. The second kappa shape index (κ2) is 6.39. The molecule has 0 aliphatic heterocycles. The molecule has 2 N–H and O–H groups in total. The molecule has 0 bridgehead atoms. The Labute approximate surface area is 102 Å². The van der Waals surface area contributed by atoms with Gasteiger partial charge in [0.2, 0.25) is 5.95 Å². The van der Waals surface area contributed by atoms with Crippen molar-refractivity contribution in [1.82, 2.24) is 15.3 Å². The summed E-state index contributed by atoms with van der Waals surface area (Å²) in [6, 6.07) is 1.93. The predicted molar refractivity (Wildman–Crippen MR) is 70.4 cm³/mol. The van der Waals surface area contributed by atoms with Crippen LogP contribution in [0.4, 0.5) is 5.95 Å². The summed E-state index contributed by atoms with van der Waals surface area (Å²) in [5, 5.41) is 3.26. The predicted octanol–water partition coefficient (Wildman–Crippen LogP) is 1.11. The molecule has 0 radical (unpaired) electrons. The van der Waals surface area contributed by atoms with E-state index in [2.05, 4.69) is 29.1 Å². The van der Waals surface area contributed by atoms with E-state index in [0.29, 0.717) is 18.5 Å². The lowest BCUT2D eigenvalue weighted by atomic mass is 10.3. The minimum atomic E-state index is -0.0949. The number of rotatable bonds is 6. The number of nitrogens with zero attached hydrogens (tertiary/aromatic N) is 2. The van der Waals surface area contributed by atoms with Crippen molar-refractivity contribution in [3.63, 3.8) is 0 Å². The topological polar surface area (TPSA) is 61.0 Å². The lowest BCUT2D eigenvalue weighted by Crippen LogP contribution is -2.29. The van der Waals surface area contributed by atoms with Crippen LogP contribution in [0.1, 0.15) is 33.4 Å². The van der Waals surface area contributed by atoms with E-state index in [1.807, 2.05) is 18.7 Å². The molecule has 1 aromatic heterocycles. The maximum Gasteiger partial charge on any atom is 0.252 e. The molecule has 1 heterocycles. The van der Waals surface area contributed by atoms with E-state index in [0.717, 1.165) is 18.8 Å². The van der Waals surface area contributed by atoms with Crippen LogP contribution in [0, 0.1) is 0 Å². The van der Waals surface area contributed by atoms with Gasteiger partial charge in [0.25, 0.3) is 5.56 Å². The van der Waals surface area contributed by atoms with Crippen molar-refractivity contribution >= 4 is 5.95 Å². The number of nitrogens with one attached hydrogen (secondary N) is 2. The highest BCUT2D eigenvalue weighted by Crippen LogP contribution is 2.04. The van der Waals surface area contributed by atoms with Gasteiger partial charge in [-0.2, -0.15) is 0 Å². The summed E-state index contributed by atoms with van der Waals surface area (Å²) in [5.74, 6) is 0.656. The van der Waals surface area contributed by atoms with Crippen LogP contribution in [0.5, 0.6) is 0 Å². The number of H-pyrrole nitrogens is 1. The average molecular weight is 238 g/mol. The molecule has 0 aliphatic carbocycles. The molecule has 5 heteroatoms. The van der Waals surface area contributed by atoms with Gasteiger partial charge in [0, 0.05) is 31.7 Å². The molecule has 0 spiro atoms. The van der Waals surface area contributed by atoms with Gasteiger partial charge in [0.05, 0.1) is 5.69 Å². The van der Waals surface area contributed by atoms with E-state index >= 15 is 0 Å². The normalized spacial score (nSPS) is 10.9. The van der Waals surface area contributed by atoms with Gasteiger partial charge in [-0.3, -0.25) is 9.78 Å². The lowest BCUT2D eigenvalue weighted by molar-refractivity contribution is 0.579. The SMILES string of the molecule is CCN(CC)c1nc(CNC(C)C)cc(=O)[nH]1. The van der Waals surface area contributed by atoms with E-state index in [1.54, 1.807) is 6.07 Å². The van der Waals surface area contributed by atoms with E-state index in [-0.39, 0.29) is 5.56 Å². The Kier molecular flexibility index (Phi) is 5.15. The summed E-state index contributed by atoms with van der Waals surface area (Å²) in [6.45, 7) is 10.5. The summed E-state index contributed by atoms with van der Waals surface area (Å²) in [4.78, 5) is 20.8. The average Bonchev–Trinajstić information content (AvgIpc) is 2.27. The maximum atomic E-state index is 11.5. The molecule has 96 valence electrons. The van der Waals surface area contributed by atoms with Crippen molar-refractivity contribution in [1.29, 1.82) is 0 Å². The van der Waals surface area contributed by atoms with Crippen molar-refractivity contribution in [2.45, 2.75) is 40.3 Å². The van der Waals surface area contributed by atoms with Gasteiger partial charge in [-0.1, -0.05) is 13.8 Å². The monoisotopic (exact) mass is 238 g/mol.